The first kappa shape index (κ1) is 37.5. The van der Waals surface area contributed by atoms with Gasteiger partial charge in [0.1, 0.15) is 11.6 Å². The van der Waals surface area contributed by atoms with E-state index in [0.29, 0.717) is 32.4 Å². The number of aliphatic hydroxyl groups is 1. The topological polar surface area (TPSA) is 90.4 Å². The van der Waals surface area contributed by atoms with Gasteiger partial charge in [-0.25, -0.2) is 0 Å². The van der Waals surface area contributed by atoms with Gasteiger partial charge < -0.3 is 24.5 Å². The molecule has 0 aliphatic carbocycles. The summed E-state index contributed by atoms with van der Waals surface area (Å²) in [5.41, 5.74) is -1.01. The monoisotopic (exact) mass is 683 g/mol. The van der Waals surface area contributed by atoms with Crippen LogP contribution in [-0.2, 0) is 32.1 Å². The number of benzene rings is 2. The van der Waals surface area contributed by atoms with Crippen LogP contribution in [0.25, 0.3) is 0 Å². The lowest BCUT2D eigenvalue weighted by Crippen LogP contribution is -2.63. The highest BCUT2D eigenvalue weighted by molar-refractivity contribution is 5.99. The van der Waals surface area contributed by atoms with Crippen molar-refractivity contribution in [3.05, 3.63) is 97.1 Å². The van der Waals surface area contributed by atoms with Crippen LogP contribution in [-0.4, -0.2) is 86.0 Å². The van der Waals surface area contributed by atoms with Crippen molar-refractivity contribution in [2.45, 2.75) is 103 Å². The van der Waals surface area contributed by atoms with E-state index in [0.717, 1.165) is 11.1 Å². The Kier molecular flexibility index (Phi) is 10.6. The Balaban J connectivity index is 1.65. The van der Waals surface area contributed by atoms with E-state index in [4.69, 9.17) is 4.74 Å². The summed E-state index contributed by atoms with van der Waals surface area (Å²) >= 11 is 0. The normalized spacial score (nSPS) is 27.9. The van der Waals surface area contributed by atoms with Gasteiger partial charge in [0.05, 0.1) is 30.1 Å². The van der Waals surface area contributed by atoms with Crippen molar-refractivity contribution in [1.82, 2.24) is 14.7 Å². The Morgan fingerprint density at radius 3 is 2.10 bits per heavy atom. The minimum absolute atomic E-state index is 0.0919. The Bertz CT molecular complexity index is 1570. The Morgan fingerprint density at radius 1 is 0.980 bits per heavy atom. The molecule has 2 aromatic carbocycles. The van der Waals surface area contributed by atoms with Crippen molar-refractivity contribution < 1.29 is 24.2 Å². The summed E-state index contributed by atoms with van der Waals surface area (Å²) in [6, 6.07) is 17.7. The minimum Gasteiger partial charge on any atom is -0.394 e. The number of carbonyl (C=O) groups is 3. The summed E-state index contributed by atoms with van der Waals surface area (Å²) in [7, 11) is 0. The molecule has 3 amide bonds. The number of nitrogens with zero attached hydrogens (tertiary/aromatic N) is 3. The van der Waals surface area contributed by atoms with Crippen LogP contribution in [0, 0.1) is 23.2 Å². The molecule has 3 aliphatic heterocycles. The quantitative estimate of drug-likeness (QED) is 0.245. The second kappa shape index (κ2) is 14.1. The number of amides is 3. The highest BCUT2D eigenvalue weighted by atomic mass is 16.5. The average molecular weight is 684 g/mol. The maximum atomic E-state index is 15.4. The molecule has 7 atom stereocenters. The molecule has 0 saturated carbocycles. The standard InChI is InChI=1S/C42H57N3O5/c1-10-22-43(26-31-20-16-13-17-21-31)36(47)33-34-37(48)45(32(27-46)24-30-18-14-12-15-19-30)35(42(34)25-29(3)41(33,9)50-42)38(49)44(23-11-2)40(7,8)28-39(4,5)6/h10-21,29,32-35,46H,1-2,22-28H2,3-9H3/t29?,32-,33+,34+,35?,41-,42?/m1/s1. The SMILES string of the molecule is C=CCN(Cc1ccccc1)C(=O)[C@@H]1[C@H]2C(=O)N([C@@H](CO)Cc3ccccc3)C(C(=O)N(CC=C)C(C)(C)CC(C)(C)C)C23CC(C)[C@@]1(C)O3. The van der Waals surface area contributed by atoms with Crippen LogP contribution >= 0.6 is 0 Å². The summed E-state index contributed by atoms with van der Waals surface area (Å²) in [5.74, 6) is -2.56. The first-order valence-electron chi connectivity index (χ1n) is 18.1. The molecule has 3 unspecified atom stereocenters. The summed E-state index contributed by atoms with van der Waals surface area (Å²) in [5, 5.41) is 11.0. The zero-order valence-electron chi connectivity index (χ0n) is 31.1. The number of hydrogen-bond donors (Lipinski definition) is 1. The molecule has 3 saturated heterocycles. The smallest absolute Gasteiger partial charge is 0.249 e. The van der Waals surface area contributed by atoms with E-state index >= 15 is 9.59 Å². The van der Waals surface area contributed by atoms with Crippen molar-refractivity contribution in [2.75, 3.05) is 19.7 Å². The predicted octanol–water partition coefficient (Wildman–Crippen LogP) is 6.04. The van der Waals surface area contributed by atoms with Gasteiger partial charge in [0.15, 0.2) is 0 Å². The first-order chi connectivity index (χ1) is 23.5. The second-order valence-corrected chi connectivity index (χ2v) is 16.8. The van der Waals surface area contributed by atoms with Gasteiger partial charge in [-0.1, -0.05) is 101 Å². The molecule has 270 valence electrons. The van der Waals surface area contributed by atoms with Crippen LogP contribution in [0.2, 0.25) is 0 Å². The van der Waals surface area contributed by atoms with Crippen molar-refractivity contribution in [3.8, 4) is 0 Å². The summed E-state index contributed by atoms with van der Waals surface area (Å²) in [6.07, 6.45) is 4.94. The first-order valence-corrected chi connectivity index (χ1v) is 18.1. The van der Waals surface area contributed by atoms with E-state index in [1.54, 1.807) is 22.0 Å². The number of rotatable bonds is 14. The van der Waals surface area contributed by atoms with E-state index in [1.165, 1.54) is 0 Å². The zero-order chi connectivity index (χ0) is 36.6. The van der Waals surface area contributed by atoms with Gasteiger partial charge in [-0.05, 0) is 62.5 Å². The fraction of sp³-hybridized carbons (Fsp3) is 0.548. The fourth-order valence-electron chi connectivity index (χ4n) is 9.56. The molecular formula is C42H57N3O5. The summed E-state index contributed by atoms with van der Waals surface area (Å²) in [4.78, 5) is 50.7. The lowest BCUT2D eigenvalue weighted by molar-refractivity contribution is -0.160. The molecule has 2 aromatic rings. The van der Waals surface area contributed by atoms with Gasteiger partial charge in [0.2, 0.25) is 17.7 Å². The van der Waals surface area contributed by atoms with Crippen molar-refractivity contribution in [3.63, 3.8) is 0 Å². The average Bonchev–Trinajstić information content (AvgIpc) is 3.57. The Morgan fingerprint density at radius 2 is 1.56 bits per heavy atom. The van der Waals surface area contributed by atoms with E-state index in [-0.39, 0.29) is 42.2 Å². The zero-order valence-corrected chi connectivity index (χ0v) is 31.1. The van der Waals surface area contributed by atoms with Crippen molar-refractivity contribution in [1.29, 1.82) is 0 Å². The second-order valence-electron chi connectivity index (χ2n) is 16.8. The maximum absolute atomic E-state index is 15.4. The highest BCUT2D eigenvalue weighted by Crippen LogP contribution is 2.66. The third kappa shape index (κ3) is 6.69. The van der Waals surface area contributed by atoms with E-state index in [9.17, 15) is 9.90 Å². The number of ether oxygens (including phenoxy) is 1. The van der Waals surface area contributed by atoms with Crippen LogP contribution in [0.4, 0.5) is 0 Å². The predicted molar refractivity (Wildman–Crippen MR) is 197 cm³/mol. The van der Waals surface area contributed by atoms with Crippen LogP contribution < -0.4 is 0 Å². The van der Waals surface area contributed by atoms with Gasteiger partial charge in [-0.15, -0.1) is 13.2 Å². The maximum Gasteiger partial charge on any atom is 0.249 e. The molecule has 3 heterocycles. The van der Waals surface area contributed by atoms with Gasteiger partial charge in [0.25, 0.3) is 0 Å². The van der Waals surface area contributed by atoms with E-state index in [2.05, 4.69) is 54.7 Å². The van der Waals surface area contributed by atoms with Gasteiger partial charge in [0, 0.05) is 25.2 Å². The molecule has 8 heteroatoms. The molecule has 1 N–H and O–H groups in total. The summed E-state index contributed by atoms with van der Waals surface area (Å²) in [6.45, 7) is 23.1. The minimum atomic E-state index is -1.25. The van der Waals surface area contributed by atoms with E-state index in [1.807, 2.05) is 72.5 Å². The van der Waals surface area contributed by atoms with Gasteiger partial charge in [-0.3, -0.25) is 14.4 Å². The van der Waals surface area contributed by atoms with Crippen LogP contribution in [0.1, 0.15) is 72.4 Å². The third-order valence-corrected chi connectivity index (χ3v) is 11.3. The number of carbonyl (C=O) groups excluding carboxylic acids is 3. The highest BCUT2D eigenvalue weighted by Gasteiger charge is 2.80. The molecule has 50 heavy (non-hydrogen) atoms. The van der Waals surface area contributed by atoms with Gasteiger partial charge >= 0.3 is 0 Å². The third-order valence-electron chi connectivity index (χ3n) is 11.3. The molecule has 0 aromatic heterocycles. The number of aliphatic hydroxyl groups excluding tert-OH is 1. The number of hydrogen-bond acceptors (Lipinski definition) is 5. The van der Waals surface area contributed by atoms with Crippen LogP contribution in [0.15, 0.2) is 86.0 Å². The van der Waals surface area contributed by atoms with Gasteiger partial charge in [-0.2, -0.15) is 0 Å². The largest absolute Gasteiger partial charge is 0.394 e. The Labute approximate surface area is 299 Å². The molecular weight excluding hydrogens is 626 g/mol. The van der Waals surface area contributed by atoms with E-state index < -0.39 is 40.7 Å². The summed E-state index contributed by atoms with van der Waals surface area (Å²) < 4.78 is 7.13. The molecule has 2 bridgehead atoms. The number of fused-ring (bicyclic) bond motifs is 1. The van der Waals surface area contributed by atoms with Crippen LogP contribution in [0.5, 0.6) is 0 Å². The Hall–Kier alpha value is -3.75. The van der Waals surface area contributed by atoms with Crippen molar-refractivity contribution >= 4 is 17.7 Å². The molecule has 3 aliphatic rings. The molecule has 0 radical (unpaired) electrons. The fourth-order valence-corrected chi connectivity index (χ4v) is 9.56. The lowest BCUT2D eigenvalue weighted by Gasteiger charge is -2.46. The molecule has 5 rings (SSSR count). The lowest BCUT2D eigenvalue weighted by atomic mass is 9.62. The number of likely N-dealkylation sites (tertiary alicyclic amines) is 1. The van der Waals surface area contributed by atoms with Crippen molar-refractivity contribution in [2.24, 2.45) is 23.2 Å². The van der Waals surface area contributed by atoms with Crippen LogP contribution in [0.3, 0.4) is 0 Å². The molecule has 3 fully saturated rings. The molecule has 1 spiro atoms. The molecule has 8 nitrogen and oxygen atoms in total.